The van der Waals surface area contributed by atoms with Crippen LogP contribution in [0.5, 0.6) is 5.75 Å². The van der Waals surface area contributed by atoms with Gasteiger partial charge in [-0.1, -0.05) is 31.5 Å². The predicted octanol–water partition coefficient (Wildman–Crippen LogP) is 4.09. The number of hydrogen-bond donors (Lipinski definition) is 1. The van der Waals surface area contributed by atoms with Gasteiger partial charge in [-0.15, -0.1) is 0 Å². The molecule has 0 aliphatic rings. The van der Waals surface area contributed by atoms with Gasteiger partial charge >= 0.3 is 0 Å². The average Bonchev–Trinajstić information content (AvgIpc) is 2.34. The first kappa shape index (κ1) is 15.0. The molecule has 1 N–H and O–H groups in total. The van der Waals surface area contributed by atoms with Crippen LogP contribution < -0.4 is 10.1 Å². The molecule has 0 radical (unpaired) electrons. The first-order valence-electron chi connectivity index (χ1n) is 6.92. The molecule has 0 saturated carbocycles. The van der Waals surface area contributed by atoms with Gasteiger partial charge in [0.25, 0.3) is 0 Å². The van der Waals surface area contributed by atoms with E-state index in [0.717, 1.165) is 18.2 Å². The Kier molecular flexibility index (Phi) is 6.20. The summed E-state index contributed by atoms with van der Waals surface area (Å²) in [7, 11) is 1.74. The largest absolute Gasteiger partial charge is 0.496 e. The van der Waals surface area contributed by atoms with Gasteiger partial charge in [0, 0.05) is 11.6 Å². The van der Waals surface area contributed by atoms with E-state index in [9.17, 15) is 0 Å². The maximum Gasteiger partial charge on any atom is 0.123 e. The summed E-state index contributed by atoms with van der Waals surface area (Å²) in [6.07, 6.45) is 2.51. The number of rotatable bonds is 7. The van der Waals surface area contributed by atoms with Crippen LogP contribution in [0.1, 0.15) is 50.8 Å². The van der Waals surface area contributed by atoms with Gasteiger partial charge in [0.2, 0.25) is 0 Å². The third kappa shape index (κ3) is 4.69. The predicted molar refractivity (Wildman–Crippen MR) is 78.2 cm³/mol. The molecular formula is C16H27NO. The van der Waals surface area contributed by atoms with Crippen molar-refractivity contribution in [1.82, 2.24) is 5.32 Å². The molecule has 1 aromatic carbocycles. The molecule has 2 heteroatoms. The number of hydrogen-bond acceptors (Lipinski definition) is 2. The number of benzene rings is 1. The summed E-state index contributed by atoms with van der Waals surface area (Å²) in [6, 6.07) is 6.69. The second-order valence-corrected chi connectivity index (χ2v) is 5.46. The fourth-order valence-electron chi connectivity index (χ4n) is 2.13. The van der Waals surface area contributed by atoms with Crippen molar-refractivity contribution in [3.05, 3.63) is 29.3 Å². The van der Waals surface area contributed by atoms with Crippen LogP contribution in [0.3, 0.4) is 0 Å². The molecule has 0 aliphatic heterocycles. The van der Waals surface area contributed by atoms with Crippen LogP contribution in [0.4, 0.5) is 0 Å². The molecule has 0 aliphatic carbocycles. The highest BCUT2D eigenvalue weighted by Gasteiger charge is 2.10. The maximum atomic E-state index is 5.43. The molecule has 102 valence electrons. The Balaban J connectivity index is 2.55. The molecule has 0 spiro atoms. The van der Waals surface area contributed by atoms with Crippen LogP contribution in [0.2, 0.25) is 0 Å². The summed E-state index contributed by atoms with van der Waals surface area (Å²) in [4.78, 5) is 0. The summed E-state index contributed by atoms with van der Waals surface area (Å²) in [5.41, 5.74) is 2.53. The second-order valence-electron chi connectivity index (χ2n) is 5.46. The monoisotopic (exact) mass is 249 g/mol. The molecule has 0 amide bonds. The standard InChI is InChI=1S/C16H27NO/c1-12(2)7-6-10-17-14(4)15-11-13(3)8-9-16(15)18-5/h8-9,11-12,14,17H,6-7,10H2,1-5H3. The summed E-state index contributed by atoms with van der Waals surface area (Å²) in [6.45, 7) is 9.93. The molecule has 18 heavy (non-hydrogen) atoms. The fraction of sp³-hybridized carbons (Fsp3) is 0.625. The Morgan fingerprint density at radius 1 is 1.22 bits per heavy atom. The highest BCUT2D eigenvalue weighted by molar-refractivity contribution is 5.38. The SMILES string of the molecule is COc1ccc(C)cc1C(C)NCCCC(C)C. The van der Waals surface area contributed by atoms with E-state index >= 15 is 0 Å². The van der Waals surface area contributed by atoms with Crippen molar-refractivity contribution in [1.29, 1.82) is 0 Å². The van der Waals surface area contributed by atoms with Crippen molar-refractivity contribution >= 4 is 0 Å². The molecule has 1 atom stereocenters. The summed E-state index contributed by atoms with van der Waals surface area (Å²) >= 11 is 0. The molecule has 0 saturated heterocycles. The van der Waals surface area contributed by atoms with Crippen LogP contribution in [-0.4, -0.2) is 13.7 Å². The highest BCUT2D eigenvalue weighted by atomic mass is 16.5. The average molecular weight is 249 g/mol. The van der Waals surface area contributed by atoms with E-state index < -0.39 is 0 Å². The van der Waals surface area contributed by atoms with Gasteiger partial charge in [0.05, 0.1) is 7.11 Å². The minimum Gasteiger partial charge on any atom is -0.496 e. The zero-order chi connectivity index (χ0) is 13.5. The van der Waals surface area contributed by atoms with Crippen molar-refractivity contribution in [3.8, 4) is 5.75 Å². The number of nitrogens with one attached hydrogen (secondary N) is 1. The Morgan fingerprint density at radius 2 is 1.94 bits per heavy atom. The van der Waals surface area contributed by atoms with E-state index in [1.807, 2.05) is 0 Å². The molecule has 1 aromatic rings. The molecule has 2 nitrogen and oxygen atoms in total. The van der Waals surface area contributed by atoms with E-state index in [2.05, 4.69) is 51.2 Å². The molecule has 0 bridgehead atoms. The van der Waals surface area contributed by atoms with Crippen LogP contribution in [0.25, 0.3) is 0 Å². The lowest BCUT2D eigenvalue weighted by molar-refractivity contribution is 0.400. The Bertz CT molecular complexity index is 360. The van der Waals surface area contributed by atoms with Crippen molar-refractivity contribution in [2.45, 2.75) is 46.6 Å². The molecule has 1 rings (SSSR count). The van der Waals surface area contributed by atoms with Gasteiger partial charge in [-0.05, 0) is 45.2 Å². The minimum atomic E-state index is 0.340. The molecule has 0 aromatic heterocycles. The lowest BCUT2D eigenvalue weighted by Crippen LogP contribution is -2.20. The van der Waals surface area contributed by atoms with Crippen molar-refractivity contribution < 1.29 is 4.74 Å². The first-order valence-corrected chi connectivity index (χ1v) is 6.92. The molecule has 0 fully saturated rings. The fourth-order valence-corrected chi connectivity index (χ4v) is 2.13. The summed E-state index contributed by atoms with van der Waals surface area (Å²) < 4.78 is 5.43. The molecular weight excluding hydrogens is 222 g/mol. The van der Waals surface area contributed by atoms with Crippen LogP contribution in [0, 0.1) is 12.8 Å². The van der Waals surface area contributed by atoms with E-state index in [-0.39, 0.29) is 0 Å². The minimum absolute atomic E-state index is 0.340. The van der Waals surface area contributed by atoms with Gasteiger partial charge < -0.3 is 10.1 Å². The van der Waals surface area contributed by atoms with Crippen molar-refractivity contribution in [3.63, 3.8) is 0 Å². The maximum absolute atomic E-state index is 5.43. The number of aryl methyl sites for hydroxylation is 1. The highest BCUT2D eigenvalue weighted by Crippen LogP contribution is 2.25. The van der Waals surface area contributed by atoms with Crippen molar-refractivity contribution in [2.24, 2.45) is 5.92 Å². The molecule has 0 heterocycles. The van der Waals surface area contributed by atoms with Gasteiger partial charge in [-0.2, -0.15) is 0 Å². The summed E-state index contributed by atoms with van der Waals surface area (Å²) in [5.74, 6) is 1.76. The third-order valence-corrected chi connectivity index (χ3v) is 3.26. The lowest BCUT2D eigenvalue weighted by Gasteiger charge is -2.18. The lowest BCUT2D eigenvalue weighted by atomic mass is 10.0. The number of methoxy groups -OCH3 is 1. The topological polar surface area (TPSA) is 21.3 Å². The normalized spacial score (nSPS) is 12.8. The summed E-state index contributed by atoms with van der Waals surface area (Å²) in [5, 5.41) is 3.58. The van der Waals surface area contributed by atoms with Crippen LogP contribution in [-0.2, 0) is 0 Å². The quantitative estimate of drug-likeness (QED) is 0.735. The van der Waals surface area contributed by atoms with Crippen molar-refractivity contribution in [2.75, 3.05) is 13.7 Å². The Labute approximate surface area is 112 Å². The number of ether oxygens (including phenoxy) is 1. The Morgan fingerprint density at radius 3 is 2.56 bits per heavy atom. The van der Waals surface area contributed by atoms with Gasteiger partial charge in [-0.25, -0.2) is 0 Å². The molecule has 1 unspecified atom stereocenters. The van der Waals surface area contributed by atoms with Gasteiger partial charge in [-0.3, -0.25) is 0 Å². The van der Waals surface area contributed by atoms with E-state index in [1.165, 1.54) is 24.0 Å². The van der Waals surface area contributed by atoms with Crippen LogP contribution >= 0.6 is 0 Å². The first-order chi connectivity index (χ1) is 8.54. The zero-order valence-corrected chi connectivity index (χ0v) is 12.4. The van der Waals surface area contributed by atoms with Gasteiger partial charge in [0.1, 0.15) is 5.75 Å². The van der Waals surface area contributed by atoms with Crippen LogP contribution in [0.15, 0.2) is 18.2 Å². The second kappa shape index (κ2) is 7.42. The Hall–Kier alpha value is -1.02. The third-order valence-electron chi connectivity index (χ3n) is 3.26. The van der Waals surface area contributed by atoms with E-state index in [0.29, 0.717) is 6.04 Å². The zero-order valence-electron chi connectivity index (χ0n) is 12.4. The van der Waals surface area contributed by atoms with E-state index in [4.69, 9.17) is 4.74 Å². The van der Waals surface area contributed by atoms with E-state index in [1.54, 1.807) is 7.11 Å². The van der Waals surface area contributed by atoms with Gasteiger partial charge in [0.15, 0.2) is 0 Å². The smallest absolute Gasteiger partial charge is 0.123 e.